The van der Waals surface area contributed by atoms with Crippen molar-refractivity contribution < 1.29 is 16.8 Å². The van der Waals surface area contributed by atoms with E-state index in [9.17, 15) is 16.8 Å². The van der Waals surface area contributed by atoms with Crippen LogP contribution in [0.25, 0.3) is 0 Å². The van der Waals surface area contributed by atoms with Crippen LogP contribution in [0.2, 0.25) is 0 Å². The zero-order valence-electron chi connectivity index (χ0n) is 5.71. The van der Waals surface area contributed by atoms with Gasteiger partial charge in [-0.25, -0.2) is 16.8 Å². The van der Waals surface area contributed by atoms with Crippen LogP contribution in [0.15, 0.2) is 0 Å². The lowest BCUT2D eigenvalue weighted by Gasteiger charge is -2.15. The first-order valence-corrected chi connectivity index (χ1v) is 7.00. The highest BCUT2D eigenvalue weighted by Crippen LogP contribution is 2.29. The van der Waals surface area contributed by atoms with Crippen molar-refractivity contribution in [2.24, 2.45) is 0 Å². The summed E-state index contributed by atoms with van der Waals surface area (Å²) < 4.78 is 40.3. The summed E-state index contributed by atoms with van der Waals surface area (Å²) in [7, 11) is 1.22. The molecule has 0 unspecified atom stereocenters. The molecule has 0 saturated carbocycles. The molecule has 8 heteroatoms. The third kappa shape index (κ3) is 2.21. The average molecular weight is 241 g/mol. The average Bonchev–Trinajstić information content (AvgIpc) is 1.58. The van der Waals surface area contributed by atoms with Crippen molar-refractivity contribution in [3.8, 4) is 0 Å². The Balaban J connectivity index is 5.45. The molecule has 0 aliphatic carbocycles. The first-order valence-electron chi connectivity index (χ1n) is 2.38. The van der Waals surface area contributed by atoms with Crippen molar-refractivity contribution in [1.29, 1.82) is 0 Å². The van der Waals surface area contributed by atoms with Crippen molar-refractivity contribution in [3.63, 3.8) is 0 Å². The van der Waals surface area contributed by atoms with Gasteiger partial charge >= 0.3 is 0 Å². The van der Waals surface area contributed by atoms with Gasteiger partial charge in [-0.3, -0.25) is 0 Å². The molecule has 4 nitrogen and oxygen atoms in total. The topological polar surface area (TPSA) is 68.3 Å². The Labute approximate surface area is 74.3 Å². The maximum absolute atomic E-state index is 10.6. The molecule has 0 aliphatic rings. The summed E-state index contributed by atoms with van der Waals surface area (Å²) >= 11 is 0. The summed E-state index contributed by atoms with van der Waals surface area (Å²) in [6.07, 6.45) is 0. The lowest BCUT2D eigenvalue weighted by Crippen LogP contribution is -2.34. The van der Waals surface area contributed by atoms with Gasteiger partial charge in [-0.15, -0.1) is 0 Å². The maximum Gasteiger partial charge on any atom is 0.253 e. The molecule has 0 spiro atoms. The second kappa shape index (κ2) is 2.76. The van der Waals surface area contributed by atoms with Crippen LogP contribution in [0.4, 0.5) is 0 Å². The minimum Gasteiger partial charge on any atom is -0.211 e. The SMILES string of the molecule is CC(C)(S(=O)(=O)Cl)S(=O)(=O)Cl. The van der Waals surface area contributed by atoms with E-state index in [-0.39, 0.29) is 0 Å². The third-order valence-electron chi connectivity index (χ3n) is 1.17. The van der Waals surface area contributed by atoms with E-state index in [0.29, 0.717) is 0 Å². The summed E-state index contributed by atoms with van der Waals surface area (Å²) in [6, 6.07) is 0. The van der Waals surface area contributed by atoms with Crippen molar-refractivity contribution in [3.05, 3.63) is 0 Å². The molecular formula is C3H6Cl2O4S2. The fourth-order valence-corrected chi connectivity index (χ4v) is 2.85. The van der Waals surface area contributed by atoms with Gasteiger partial charge < -0.3 is 0 Å². The Morgan fingerprint density at radius 1 is 0.909 bits per heavy atom. The van der Waals surface area contributed by atoms with E-state index in [1.54, 1.807) is 0 Å². The van der Waals surface area contributed by atoms with Crippen molar-refractivity contribution in [1.82, 2.24) is 0 Å². The van der Waals surface area contributed by atoms with E-state index in [4.69, 9.17) is 21.4 Å². The third-order valence-corrected chi connectivity index (χ3v) is 7.70. The molecule has 0 amide bonds. The Hall–Kier alpha value is 0.480. The van der Waals surface area contributed by atoms with Gasteiger partial charge in [0.25, 0.3) is 18.1 Å². The minimum absolute atomic E-state index is 0.914. The van der Waals surface area contributed by atoms with E-state index in [1.165, 1.54) is 0 Å². The van der Waals surface area contributed by atoms with Crippen molar-refractivity contribution in [2.45, 2.75) is 17.9 Å². The lowest BCUT2D eigenvalue weighted by molar-refractivity contribution is 0.573. The Bertz CT molecular complexity index is 304. The maximum atomic E-state index is 10.6. The fraction of sp³-hybridized carbons (Fsp3) is 1.00. The predicted molar refractivity (Wildman–Crippen MR) is 43.6 cm³/mol. The van der Waals surface area contributed by atoms with Crippen LogP contribution in [0.3, 0.4) is 0 Å². The highest BCUT2D eigenvalue weighted by Gasteiger charge is 2.44. The molecule has 0 saturated heterocycles. The van der Waals surface area contributed by atoms with Crippen molar-refractivity contribution in [2.75, 3.05) is 0 Å². The van der Waals surface area contributed by atoms with Gasteiger partial charge in [-0.1, -0.05) is 0 Å². The monoisotopic (exact) mass is 240 g/mol. The van der Waals surface area contributed by atoms with E-state index >= 15 is 0 Å². The van der Waals surface area contributed by atoms with Gasteiger partial charge in [-0.05, 0) is 13.8 Å². The second-order valence-corrected chi connectivity index (χ2v) is 8.76. The summed E-state index contributed by atoms with van der Waals surface area (Å²) in [5, 5.41) is 0. The van der Waals surface area contributed by atoms with Gasteiger partial charge in [0.05, 0.1) is 0 Å². The summed E-state index contributed by atoms with van der Waals surface area (Å²) in [5.41, 5.74) is 0. The van der Waals surface area contributed by atoms with Crippen LogP contribution in [-0.2, 0) is 18.1 Å². The van der Waals surface area contributed by atoms with Gasteiger partial charge in [-0.2, -0.15) is 0 Å². The first-order chi connectivity index (χ1) is 4.50. The van der Waals surface area contributed by atoms with Gasteiger partial charge in [0.1, 0.15) is 0 Å². The Morgan fingerprint density at radius 3 is 1.09 bits per heavy atom. The van der Waals surface area contributed by atoms with Crippen LogP contribution in [0.5, 0.6) is 0 Å². The number of halogens is 2. The molecule has 0 N–H and O–H groups in total. The van der Waals surface area contributed by atoms with Crippen molar-refractivity contribution >= 4 is 39.5 Å². The molecule has 11 heavy (non-hydrogen) atoms. The van der Waals surface area contributed by atoms with E-state index in [2.05, 4.69) is 0 Å². The molecule has 0 rings (SSSR count). The predicted octanol–water partition coefficient (Wildman–Crippen LogP) is 0.860. The molecule has 0 aliphatic heterocycles. The van der Waals surface area contributed by atoms with Crippen LogP contribution >= 0.6 is 21.4 Å². The van der Waals surface area contributed by atoms with Gasteiger partial charge in [0.15, 0.2) is 4.08 Å². The Morgan fingerprint density at radius 2 is 1.09 bits per heavy atom. The molecule has 0 aromatic carbocycles. The van der Waals surface area contributed by atoms with Gasteiger partial charge in [0.2, 0.25) is 0 Å². The highest BCUT2D eigenvalue weighted by molar-refractivity contribution is 8.29. The number of rotatable bonds is 2. The molecule has 0 heterocycles. The van der Waals surface area contributed by atoms with E-state index in [1.807, 2.05) is 0 Å². The summed E-state index contributed by atoms with van der Waals surface area (Å²) in [6.45, 7) is 1.83. The number of hydrogen-bond donors (Lipinski definition) is 0. The second-order valence-electron chi connectivity index (χ2n) is 2.28. The standard InChI is InChI=1S/C3H6Cl2O4S2/c1-3(2,10(4,6)7)11(5,8)9/h1-2H3. The molecule has 0 radical (unpaired) electrons. The molecule has 0 aromatic rings. The molecule has 0 atom stereocenters. The zero-order chi connectivity index (χ0) is 9.50. The minimum atomic E-state index is -4.21. The molecule has 0 bridgehead atoms. The van der Waals surface area contributed by atoms with Crippen LogP contribution < -0.4 is 0 Å². The fourth-order valence-electron chi connectivity index (χ4n) is 0.119. The lowest BCUT2D eigenvalue weighted by atomic mass is 10.5. The highest BCUT2D eigenvalue weighted by atomic mass is 35.7. The molecule has 68 valence electrons. The Kier molecular flexibility index (Phi) is 2.88. The molecular weight excluding hydrogens is 235 g/mol. The van der Waals surface area contributed by atoms with Crippen LogP contribution in [0, 0.1) is 0 Å². The summed E-state index contributed by atoms with van der Waals surface area (Å²) in [5.74, 6) is 0. The van der Waals surface area contributed by atoms with E-state index in [0.717, 1.165) is 13.8 Å². The number of hydrogen-bond acceptors (Lipinski definition) is 4. The molecule has 0 aromatic heterocycles. The van der Waals surface area contributed by atoms with Crippen LogP contribution in [-0.4, -0.2) is 20.9 Å². The molecule has 0 fully saturated rings. The van der Waals surface area contributed by atoms with E-state index < -0.39 is 22.2 Å². The summed E-state index contributed by atoms with van der Waals surface area (Å²) in [4.78, 5) is 0. The quantitative estimate of drug-likeness (QED) is 0.672. The van der Waals surface area contributed by atoms with Crippen LogP contribution in [0.1, 0.15) is 13.8 Å². The smallest absolute Gasteiger partial charge is 0.211 e. The largest absolute Gasteiger partial charge is 0.253 e. The van der Waals surface area contributed by atoms with Gasteiger partial charge in [0, 0.05) is 21.4 Å². The first kappa shape index (κ1) is 11.5. The normalized spacial score (nSPS) is 14.9. The zero-order valence-corrected chi connectivity index (χ0v) is 8.85.